The van der Waals surface area contributed by atoms with E-state index in [2.05, 4.69) is 60.1 Å². The van der Waals surface area contributed by atoms with Crippen molar-refractivity contribution in [3.05, 3.63) is 41.7 Å². The highest BCUT2D eigenvalue weighted by atomic mass is 32.2. The zero-order valence-corrected chi connectivity index (χ0v) is 13.2. The molecule has 0 fully saturated rings. The molecule has 0 unspecified atom stereocenters. The Hall–Kier alpha value is -1.42. The van der Waals surface area contributed by atoms with Crippen LogP contribution in [0.3, 0.4) is 0 Å². The van der Waals surface area contributed by atoms with Crippen LogP contribution in [-0.4, -0.2) is 22.6 Å². The summed E-state index contributed by atoms with van der Waals surface area (Å²) >= 11 is 1.79. The zero-order chi connectivity index (χ0) is 14.1. The summed E-state index contributed by atoms with van der Waals surface area (Å²) in [7, 11) is 0. The van der Waals surface area contributed by atoms with Crippen LogP contribution in [0.4, 0.5) is 5.69 Å². The minimum absolute atomic E-state index is 0.417. The van der Waals surface area contributed by atoms with E-state index in [0.29, 0.717) is 6.04 Å². The lowest BCUT2D eigenvalue weighted by Crippen LogP contribution is -2.20. The fraction of sp³-hybridized carbons (Fsp3) is 0.438. The van der Waals surface area contributed by atoms with Gasteiger partial charge in [-0.2, -0.15) is 5.10 Å². The summed E-state index contributed by atoms with van der Waals surface area (Å²) in [5.74, 6) is 0. The molecule has 0 amide bonds. The van der Waals surface area contributed by atoms with Gasteiger partial charge in [-0.3, -0.25) is 4.68 Å². The molecule has 0 saturated carbocycles. The zero-order valence-electron chi connectivity index (χ0n) is 12.3. The van der Waals surface area contributed by atoms with Crippen molar-refractivity contribution in [3.8, 4) is 0 Å². The highest BCUT2D eigenvalue weighted by molar-refractivity contribution is 7.98. The molecule has 0 radical (unpaired) electrons. The van der Waals surface area contributed by atoms with Gasteiger partial charge in [0, 0.05) is 24.5 Å². The number of benzene rings is 1. The number of rotatable bonds is 4. The van der Waals surface area contributed by atoms with Gasteiger partial charge in [-0.25, -0.2) is 0 Å². The van der Waals surface area contributed by atoms with Gasteiger partial charge in [-0.05, 0) is 38.2 Å². The lowest BCUT2D eigenvalue weighted by molar-refractivity contribution is 0.525. The summed E-state index contributed by atoms with van der Waals surface area (Å²) in [4.78, 5) is 3.74. The summed E-state index contributed by atoms with van der Waals surface area (Å²) in [6.07, 6.45) is 5.45. The molecule has 3 rings (SSSR count). The first-order chi connectivity index (χ1) is 9.69. The van der Waals surface area contributed by atoms with Gasteiger partial charge >= 0.3 is 0 Å². The number of fused-ring (bicyclic) bond motifs is 1. The minimum atomic E-state index is 0.417. The number of para-hydroxylation sites is 1. The predicted molar refractivity (Wildman–Crippen MR) is 85.6 cm³/mol. The van der Waals surface area contributed by atoms with Crippen molar-refractivity contribution >= 4 is 17.4 Å². The quantitative estimate of drug-likeness (QED) is 0.799. The molecule has 1 aliphatic heterocycles. The fourth-order valence-corrected chi connectivity index (χ4v) is 3.26. The van der Waals surface area contributed by atoms with Crippen LogP contribution in [0.2, 0.25) is 0 Å². The highest BCUT2D eigenvalue weighted by Gasteiger charge is 2.21. The molecular formula is C16H21N3S. The van der Waals surface area contributed by atoms with E-state index < -0.39 is 0 Å². The normalized spacial score (nSPS) is 14.1. The molecule has 2 aromatic rings. The Labute approximate surface area is 125 Å². The van der Waals surface area contributed by atoms with E-state index in [-0.39, 0.29) is 0 Å². The molecule has 1 aliphatic rings. The van der Waals surface area contributed by atoms with Crippen LogP contribution in [0.5, 0.6) is 0 Å². The Morgan fingerprint density at radius 2 is 2.10 bits per heavy atom. The number of aromatic nitrogens is 2. The van der Waals surface area contributed by atoms with Crippen LogP contribution in [0.1, 0.15) is 31.1 Å². The van der Waals surface area contributed by atoms with E-state index in [1.165, 1.54) is 21.8 Å². The predicted octanol–water partition coefficient (Wildman–Crippen LogP) is 3.75. The topological polar surface area (TPSA) is 21.1 Å². The van der Waals surface area contributed by atoms with Crippen molar-refractivity contribution in [3.63, 3.8) is 0 Å². The summed E-state index contributed by atoms with van der Waals surface area (Å²) < 4.78 is 2.07. The van der Waals surface area contributed by atoms with Gasteiger partial charge in [0.15, 0.2) is 0 Å². The maximum atomic E-state index is 4.77. The summed E-state index contributed by atoms with van der Waals surface area (Å²) in [5.41, 5.74) is 4.03. The molecule has 0 N–H and O–H groups in total. The van der Waals surface area contributed by atoms with E-state index in [9.17, 15) is 0 Å². The summed E-state index contributed by atoms with van der Waals surface area (Å²) in [6.45, 7) is 6.35. The van der Waals surface area contributed by atoms with E-state index >= 15 is 0 Å². The van der Waals surface area contributed by atoms with Crippen molar-refractivity contribution in [2.75, 3.05) is 17.7 Å². The average Bonchev–Trinajstić information content (AvgIpc) is 3.04. The first-order valence-corrected chi connectivity index (χ1v) is 8.36. The SMILES string of the molecule is CSc1cn(C(C)C)nc1CN1CCc2ccccc21. The standard InChI is InChI=1S/C16H21N3S/c1-12(2)19-11-16(20-3)14(17-19)10-18-9-8-13-6-4-5-7-15(13)18/h4-7,11-12H,8-10H2,1-3H3. The van der Waals surface area contributed by atoms with Crippen molar-refractivity contribution in [2.24, 2.45) is 0 Å². The molecule has 1 aromatic heterocycles. The van der Waals surface area contributed by atoms with Gasteiger partial charge in [0.05, 0.1) is 17.1 Å². The molecule has 0 aliphatic carbocycles. The maximum Gasteiger partial charge on any atom is 0.0953 e. The average molecular weight is 287 g/mol. The van der Waals surface area contributed by atoms with Crippen LogP contribution in [0.25, 0.3) is 0 Å². The van der Waals surface area contributed by atoms with Crippen LogP contribution < -0.4 is 4.90 Å². The first-order valence-electron chi connectivity index (χ1n) is 7.14. The number of hydrogen-bond acceptors (Lipinski definition) is 3. The number of hydrogen-bond donors (Lipinski definition) is 0. The number of thioether (sulfide) groups is 1. The highest BCUT2D eigenvalue weighted by Crippen LogP contribution is 2.30. The molecule has 4 heteroatoms. The molecule has 106 valence electrons. The van der Waals surface area contributed by atoms with Crippen LogP contribution >= 0.6 is 11.8 Å². The summed E-state index contributed by atoms with van der Waals surface area (Å²) in [6, 6.07) is 9.13. The second kappa shape index (κ2) is 5.52. The largest absolute Gasteiger partial charge is 0.365 e. The van der Waals surface area contributed by atoms with E-state index in [4.69, 9.17) is 5.10 Å². The Balaban J connectivity index is 1.85. The lowest BCUT2D eigenvalue weighted by Gasteiger charge is -2.18. The van der Waals surface area contributed by atoms with Gasteiger partial charge in [0.1, 0.15) is 0 Å². The second-order valence-electron chi connectivity index (χ2n) is 5.52. The molecule has 20 heavy (non-hydrogen) atoms. The smallest absolute Gasteiger partial charge is 0.0953 e. The monoisotopic (exact) mass is 287 g/mol. The third-order valence-corrected chi connectivity index (χ3v) is 4.62. The Bertz CT molecular complexity index is 604. The van der Waals surface area contributed by atoms with Crippen LogP contribution in [0, 0.1) is 0 Å². The second-order valence-corrected chi connectivity index (χ2v) is 6.37. The van der Waals surface area contributed by atoms with Crippen molar-refractivity contribution in [1.29, 1.82) is 0 Å². The third-order valence-electron chi connectivity index (χ3n) is 3.84. The van der Waals surface area contributed by atoms with Gasteiger partial charge < -0.3 is 4.90 Å². The third kappa shape index (κ3) is 2.44. The van der Waals surface area contributed by atoms with Crippen molar-refractivity contribution in [1.82, 2.24) is 9.78 Å². The Morgan fingerprint density at radius 3 is 2.85 bits per heavy atom. The van der Waals surface area contributed by atoms with Gasteiger partial charge in [-0.1, -0.05) is 18.2 Å². The van der Waals surface area contributed by atoms with E-state index in [0.717, 1.165) is 19.5 Å². The molecule has 0 atom stereocenters. The minimum Gasteiger partial charge on any atom is -0.365 e. The van der Waals surface area contributed by atoms with Crippen LogP contribution in [-0.2, 0) is 13.0 Å². The van der Waals surface area contributed by atoms with Crippen molar-refractivity contribution in [2.45, 2.75) is 37.8 Å². The van der Waals surface area contributed by atoms with Gasteiger partial charge in [-0.15, -0.1) is 11.8 Å². The Morgan fingerprint density at radius 1 is 1.30 bits per heavy atom. The number of anilines is 1. The first kappa shape index (κ1) is 13.6. The maximum absolute atomic E-state index is 4.77. The van der Waals surface area contributed by atoms with Gasteiger partial charge in [0.25, 0.3) is 0 Å². The summed E-state index contributed by atoms with van der Waals surface area (Å²) in [5, 5.41) is 4.77. The molecule has 2 heterocycles. The van der Waals surface area contributed by atoms with Crippen LogP contribution in [0.15, 0.2) is 35.4 Å². The van der Waals surface area contributed by atoms with E-state index in [1.807, 2.05) is 0 Å². The molecule has 1 aromatic carbocycles. The van der Waals surface area contributed by atoms with E-state index in [1.54, 1.807) is 11.8 Å². The molecule has 3 nitrogen and oxygen atoms in total. The van der Waals surface area contributed by atoms with Crippen molar-refractivity contribution < 1.29 is 0 Å². The lowest BCUT2D eigenvalue weighted by atomic mass is 10.2. The number of nitrogens with zero attached hydrogens (tertiary/aromatic N) is 3. The van der Waals surface area contributed by atoms with Gasteiger partial charge in [0.2, 0.25) is 0 Å². The molecule has 0 spiro atoms. The Kier molecular flexibility index (Phi) is 3.74. The molecular weight excluding hydrogens is 266 g/mol. The fourth-order valence-electron chi connectivity index (χ4n) is 2.71. The molecule has 0 bridgehead atoms. The molecule has 0 saturated heterocycles.